The van der Waals surface area contributed by atoms with Crippen molar-refractivity contribution in [3.8, 4) is 0 Å². The Hall–Kier alpha value is -3.09. The molecular formula is C37H44ClFN4O5S. The number of nitrogens with one attached hydrogen (secondary N) is 1. The maximum absolute atomic E-state index is 15.5. The van der Waals surface area contributed by atoms with Gasteiger partial charge < -0.3 is 20.1 Å². The second-order valence-corrected chi connectivity index (χ2v) is 15.5. The number of hydrogen-bond donors (Lipinski definition) is 2. The zero-order valence-corrected chi connectivity index (χ0v) is 29.2. The predicted octanol–water partition coefficient (Wildman–Crippen LogP) is 6.29. The molecule has 7 rings (SSSR count). The molecule has 4 fully saturated rings. The van der Waals surface area contributed by atoms with Crippen LogP contribution in [0.1, 0.15) is 67.3 Å². The third-order valence-corrected chi connectivity index (χ3v) is 12.3. The smallest absolute Gasteiger partial charge is 0.306 e. The van der Waals surface area contributed by atoms with E-state index in [0.717, 1.165) is 42.7 Å². The van der Waals surface area contributed by atoms with Gasteiger partial charge in [-0.25, -0.2) is 4.39 Å². The molecule has 3 aliphatic heterocycles. The van der Waals surface area contributed by atoms with Gasteiger partial charge in [0, 0.05) is 47.2 Å². The zero-order chi connectivity index (χ0) is 34.1. The van der Waals surface area contributed by atoms with E-state index in [1.807, 2.05) is 29.2 Å². The Labute approximate surface area is 295 Å². The van der Waals surface area contributed by atoms with Crippen molar-refractivity contribution in [2.45, 2.75) is 82.0 Å². The van der Waals surface area contributed by atoms with E-state index in [0.29, 0.717) is 50.4 Å². The van der Waals surface area contributed by atoms with Gasteiger partial charge >= 0.3 is 5.97 Å². The van der Waals surface area contributed by atoms with Crippen LogP contribution >= 0.6 is 22.9 Å². The highest BCUT2D eigenvalue weighted by Gasteiger charge is 2.44. The molecule has 3 aromatic rings. The molecule has 12 heteroatoms. The van der Waals surface area contributed by atoms with Crippen LogP contribution in [-0.2, 0) is 20.7 Å². The first-order chi connectivity index (χ1) is 23.7. The fourth-order valence-corrected chi connectivity index (χ4v) is 9.25. The first kappa shape index (κ1) is 34.4. The summed E-state index contributed by atoms with van der Waals surface area (Å²) in [4.78, 5) is 45.3. The Bertz CT molecular complexity index is 1680. The lowest BCUT2D eigenvalue weighted by atomic mass is 9.87. The van der Waals surface area contributed by atoms with Crippen molar-refractivity contribution in [1.29, 1.82) is 0 Å². The highest BCUT2D eigenvalue weighted by atomic mass is 35.5. The summed E-state index contributed by atoms with van der Waals surface area (Å²) in [7, 11) is 0. The Morgan fingerprint density at radius 3 is 2.49 bits per heavy atom. The number of fused-ring (bicyclic) bond motifs is 1. The molecule has 1 saturated carbocycles. The van der Waals surface area contributed by atoms with Gasteiger partial charge in [-0.3, -0.25) is 24.2 Å². The zero-order valence-electron chi connectivity index (χ0n) is 27.6. The van der Waals surface area contributed by atoms with Crippen LogP contribution in [0.3, 0.4) is 0 Å². The van der Waals surface area contributed by atoms with Crippen LogP contribution in [0.15, 0.2) is 41.8 Å². The summed E-state index contributed by atoms with van der Waals surface area (Å²) < 4.78 is 22.8. The number of carboxylic acids is 1. The normalized spacial score (nSPS) is 25.4. The van der Waals surface area contributed by atoms with E-state index >= 15 is 4.39 Å². The van der Waals surface area contributed by atoms with E-state index < -0.39 is 11.8 Å². The second-order valence-electron chi connectivity index (χ2n) is 14.1. The maximum Gasteiger partial charge on any atom is 0.306 e. The average Bonchev–Trinajstić information content (AvgIpc) is 3.71. The average molecular weight is 711 g/mol. The van der Waals surface area contributed by atoms with Crippen molar-refractivity contribution < 1.29 is 28.6 Å². The number of aliphatic carboxylic acids is 1. The SMILES string of the molecule is O=C(Nc1cc(F)c(CC(=O)N2C[C@@H](N3CC(N4CCCCC4)C3)C[C@H]2COC2CCC(C(=O)O)CC2)cc1Cl)c1csc2ccccc12. The molecule has 262 valence electrons. The molecule has 9 nitrogen and oxygen atoms in total. The number of halogens is 2. The first-order valence-corrected chi connectivity index (χ1v) is 18.9. The molecule has 4 aliphatic rings. The molecule has 0 unspecified atom stereocenters. The van der Waals surface area contributed by atoms with Gasteiger partial charge in [-0.05, 0) is 81.8 Å². The lowest BCUT2D eigenvalue weighted by Gasteiger charge is -2.49. The van der Waals surface area contributed by atoms with Gasteiger partial charge in [-0.2, -0.15) is 0 Å². The van der Waals surface area contributed by atoms with Crippen molar-refractivity contribution in [2.24, 2.45) is 5.92 Å². The van der Waals surface area contributed by atoms with Gasteiger partial charge in [0.25, 0.3) is 5.91 Å². The van der Waals surface area contributed by atoms with Gasteiger partial charge in [0.15, 0.2) is 0 Å². The molecule has 1 aromatic heterocycles. The van der Waals surface area contributed by atoms with Crippen LogP contribution in [0.5, 0.6) is 0 Å². The largest absolute Gasteiger partial charge is 0.481 e. The number of hydrogen-bond acceptors (Lipinski definition) is 7. The summed E-state index contributed by atoms with van der Waals surface area (Å²) in [5.74, 6) is -2.22. The van der Waals surface area contributed by atoms with Crippen molar-refractivity contribution in [3.05, 3.63) is 63.7 Å². The summed E-state index contributed by atoms with van der Waals surface area (Å²) in [6.45, 7) is 5.25. The van der Waals surface area contributed by atoms with Crippen LogP contribution in [0.2, 0.25) is 5.02 Å². The van der Waals surface area contributed by atoms with Crippen LogP contribution in [0.25, 0.3) is 10.1 Å². The summed E-state index contributed by atoms with van der Waals surface area (Å²) in [5.41, 5.74) is 0.826. The van der Waals surface area contributed by atoms with Crippen LogP contribution in [0, 0.1) is 11.7 Å². The van der Waals surface area contributed by atoms with E-state index in [-0.39, 0.29) is 58.6 Å². The number of anilines is 1. The summed E-state index contributed by atoms with van der Waals surface area (Å²) in [5, 5.41) is 14.9. The number of nitrogens with zero attached hydrogens (tertiary/aromatic N) is 3. The minimum atomic E-state index is -0.745. The van der Waals surface area contributed by atoms with E-state index in [9.17, 15) is 19.5 Å². The number of carboxylic acid groups (broad SMARTS) is 1. The van der Waals surface area contributed by atoms with Gasteiger partial charge in [0.2, 0.25) is 5.91 Å². The Morgan fingerprint density at radius 2 is 1.73 bits per heavy atom. The lowest BCUT2D eigenvalue weighted by molar-refractivity contribution is -0.144. The van der Waals surface area contributed by atoms with Crippen molar-refractivity contribution in [2.75, 3.05) is 44.6 Å². The molecular weight excluding hydrogens is 667 g/mol. The molecule has 2 amide bonds. The molecule has 0 spiro atoms. The van der Waals surface area contributed by atoms with Gasteiger partial charge in [0.05, 0.1) is 47.4 Å². The minimum absolute atomic E-state index is 0.0230. The molecule has 2 aromatic carbocycles. The number of carbonyl (C=O) groups excluding carboxylic acids is 2. The molecule has 0 bridgehead atoms. The minimum Gasteiger partial charge on any atom is -0.481 e. The Balaban J connectivity index is 1.01. The monoisotopic (exact) mass is 710 g/mol. The summed E-state index contributed by atoms with van der Waals surface area (Å²) >= 11 is 8.02. The molecule has 1 aliphatic carbocycles. The van der Waals surface area contributed by atoms with E-state index in [4.69, 9.17) is 16.3 Å². The highest BCUT2D eigenvalue weighted by Crippen LogP contribution is 2.33. The van der Waals surface area contributed by atoms with Gasteiger partial charge in [-0.1, -0.05) is 36.2 Å². The molecule has 4 heterocycles. The summed E-state index contributed by atoms with van der Waals surface area (Å²) in [6, 6.07) is 10.9. The fourth-order valence-electron chi connectivity index (χ4n) is 8.07. The predicted molar refractivity (Wildman–Crippen MR) is 189 cm³/mol. The molecule has 0 radical (unpaired) electrons. The second kappa shape index (κ2) is 15.0. The number of ether oxygens (including phenoxy) is 1. The standard InChI is InChI=1S/C37H44ClFN4O5S/c38-31-14-24(32(39)17-33(31)40-36(45)30-22-49-34-7-3-2-6-29(30)34)15-35(44)43-20-25(42-18-27(19-42)41-12-4-1-5-13-41)16-26(43)21-48-28-10-8-23(9-11-28)37(46)47/h2-3,6-7,14,17,22-23,25-28H,1,4-5,8-13,15-16,18-21H2,(H,40,45)(H,46,47)/t23?,25-,26-,28?/m0/s1. The van der Waals surface area contributed by atoms with Crippen molar-refractivity contribution >= 4 is 56.5 Å². The Kier molecular flexibility index (Phi) is 10.5. The van der Waals surface area contributed by atoms with Crippen molar-refractivity contribution in [3.63, 3.8) is 0 Å². The number of thiophene rings is 1. The third-order valence-electron chi connectivity index (χ3n) is 11.0. The van der Waals surface area contributed by atoms with Gasteiger partial charge in [0.1, 0.15) is 5.82 Å². The van der Waals surface area contributed by atoms with E-state index in [1.54, 1.807) is 5.38 Å². The number of amides is 2. The number of rotatable bonds is 10. The Morgan fingerprint density at radius 1 is 0.980 bits per heavy atom. The molecule has 2 atom stereocenters. The summed E-state index contributed by atoms with van der Waals surface area (Å²) in [6.07, 6.45) is 7.02. The third kappa shape index (κ3) is 7.66. The topological polar surface area (TPSA) is 102 Å². The number of piperidine rings is 1. The number of benzene rings is 2. The number of carbonyl (C=O) groups is 3. The molecule has 49 heavy (non-hydrogen) atoms. The highest BCUT2D eigenvalue weighted by molar-refractivity contribution is 7.17. The molecule has 2 N–H and O–H groups in total. The van der Waals surface area contributed by atoms with Gasteiger partial charge in [-0.15, -0.1) is 11.3 Å². The quantitative estimate of drug-likeness (QED) is 0.255. The van der Waals surface area contributed by atoms with Crippen LogP contribution in [-0.4, -0.2) is 101 Å². The molecule has 3 saturated heterocycles. The maximum atomic E-state index is 15.5. The lowest BCUT2D eigenvalue weighted by Crippen LogP contribution is -2.63. The first-order valence-electron chi connectivity index (χ1n) is 17.6. The number of likely N-dealkylation sites (tertiary alicyclic amines) is 3. The van der Waals surface area contributed by atoms with E-state index in [1.165, 1.54) is 42.7 Å². The fraction of sp³-hybridized carbons (Fsp3) is 0.541. The van der Waals surface area contributed by atoms with E-state index in [2.05, 4.69) is 15.1 Å². The van der Waals surface area contributed by atoms with Crippen molar-refractivity contribution in [1.82, 2.24) is 14.7 Å². The van der Waals surface area contributed by atoms with Crippen LogP contribution < -0.4 is 5.32 Å². The van der Waals surface area contributed by atoms with Crippen LogP contribution in [0.4, 0.5) is 10.1 Å².